The Balaban J connectivity index is 1.65. The molecular formula is C21H26N2O3S2. The van der Waals surface area contributed by atoms with E-state index in [1.54, 1.807) is 54.6 Å². The summed E-state index contributed by atoms with van der Waals surface area (Å²) in [5, 5.41) is 3.57. The highest BCUT2D eigenvalue weighted by Crippen LogP contribution is 2.29. The topological polar surface area (TPSA) is 66.5 Å². The van der Waals surface area contributed by atoms with Crippen molar-refractivity contribution in [3.63, 3.8) is 0 Å². The minimum absolute atomic E-state index is 0.170. The van der Waals surface area contributed by atoms with Crippen LogP contribution in [-0.2, 0) is 14.8 Å². The molecule has 2 aromatic rings. The standard InChI is InChI=1S/C21H26N2O3S2/c24-21(22-15-16-27-19-11-7-8-12-19)17-23(18-9-3-1-4-10-18)28(25,26)20-13-5-2-6-14-20/h1-6,9-10,13-14,19H,7-8,11-12,15-17H2,(H,22,24). The lowest BCUT2D eigenvalue weighted by atomic mass is 10.3. The van der Waals surface area contributed by atoms with Gasteiger partial charge < -0.3 is 5.32 Å². The predicted molar refractivity (Wildman–Crippen MR) is 115 cm³/mol. The van der Waals surface area contributed by atoms with Gasteiger partial charge >= 0.3 is 0 Å². The summed E-state index contributed by atoms with van der Waals surface area (Å²) in [6.45, 7) is 0.309. The first-order valence-corrected chi connectivity index (χ1v) is 12.1. The van der Waals surface area contributed by atoms with E-state index in [9.17, 15) is 13.2 Å². The van der Waals surface area contributed by atoms with E-state index in [2.05, 4.69) is 5.32 Å². The number of hydrogen-bond acceptors (Lipinski definition) is 4. The zero-order valence-corrected chi connectivity index (χ0v) is 17.4. The van der Waals surface area contributed by atoms with Crippen molar-refractivity contribution >= 4 is 33.4 Å². The van der Waals surface area contributed by atoms with E-state index in [1.165, 1.54) is 30.0 Å². The first-order chi connectivity index (χ1) is 13.6. The molecule has 0 unspecified atom stereocenters. The number of amides is 1. The number of sulfonamides is 1. The highest BCUT2D eigenvalue weighted by molar-refractivity contribution is 7.99. The third-order valence-electron chi connectivity index (χ3n) is 4.74. The summed E-state index contributed by atoms with van der Waals surface area (Å²) in [6.07, 6.45) is 5.12. The molecule has 150 valence electrons. The molecule has 0 aromatic heterocycles. The maximum Gasteiger partial charge on any atom is 0.264 e. The van der Waals surface area contributed by atoms with Crippen LogP contribution in [0.5, 0.6) is 0 Å². The van der Waals surface area contributed by atoms with E-state index < -0.39 is 10.0 Å². The van der Waals surface area contributed by atoms with Crippen LogP contribution in [0.25, 0.3) is 0 Å². The van der Waals surface area contributed by atoms with E-state index in [-0.39, 0.29) is 17.3 Å². The molecule has 1 saturated carbocycles. The molecule has 2 aromatic carbocycles. The Morgan fingerprint density at radius 1 is 1.00 bits per heavy atom. The summed E-state index contributed by atoms with van der Waals surface area (Å²) < 4.78 is 27.4. The van der Waals surface area contributed by atoms with Crippen LogP contribution in [0.3, 0.4) is 0 Å². The minimum atomic E-state index is -3.83. The summed E-state index contributed by atoms with van der Waals surface area (Å²) in [5.41, 5.74) is 0.474. The molecule has 1 fully saturated rings. The van der Waals surface area contributed by atoms with Crippen LogP contribution in [0.2, 0.25) is 0 Å². The quantitative estimate of drug-likeness (QED) is 0.631. The molecule has 1 aliphatic carbocycles. The third-order valence-corrected chi connectivity index (χ3v) is 7.91. The van der Waals surface area contributed by atoms with Crippen LogP contribution in [0.1, 0.15) is 25.7 Å². The molecule has 28 heavy (non-hydrogen) atoms. The second-order valence-corrected chi connectivity index (χ2v) is 10.1. The lowest BCUT2D eigenvalue weighted by Crippen LogP contribution is -2.41. The molecule has 0 aliphatic heterocycles. The van der Waals surface area contributed by atoms with Crippen LogP contribution in [0.4, 0.5) is 5.69 Å². The summed E-state index contributed by atoms with van der Waals surface area (Å²) in [6, 6.07) is 16.9. The van der Waals surface area contributed by atoms with Crippen molar-refractivity contribution in [2.24, 2.45) is 0 Å². The number of rotatable bonds is 9. The Labute approximate surface area is 171 Å². The van der Waals surface area contributed by atoms with Gasteiger partial charge in [-0.25, -0.2) is 8.42 Å². The number of anilines is 1. The second-order valence-electron chi connectivity index (χ2n) is 6.79. The Bertz CT molecular complexity index is 852. The maximum absolute atomic E-state index is 13.1. The summed E-state index contributed by atoms with van der Waals surface area (Å²) in [5.74, 6) is 0.558. The third kappa shape index (κ3) is 5.52. The second kappa shape index (κ2) is 9.98. The summed E-state index contributed by atoms with van der Waals surface area (Å²) in [7, 11) is -3.83. The van der Waals surface area contributed by atoms with Gasteiger partial charge in [0.2, 0.25) is 5.91 Å². The zero-order valence-electron chi connectivity index (χ0n) is 15.8. The molecular weight excluding hydrogens is 392 g/mol. The van der Waals surface area contributed by atoms with Crippen LogP contribution in [0.15, 0.2) is 65.6 Å². The lowest BCUT2D eigenvalue weighted by Gasteiger charge is -2.24. The molecule has 0 spiro atoms. The highest BCUT2D eigenvalue weighted by Gasteiger charge is 2.26. The Morgan fingerprint density at radius 2 is 1.61 bits per heavy atom. The summed E-state index contributed by atoms with van der Waals surface area (Å²) in [4.78, 5) is 12.6. The van der Waals surface area contributed by atoms with Crippen molar-refractivity contribution in [2.75, 3.05) is 23.1 Å². The van der Waals surface area contributed by atoms with Crippen molar-refractivity contribution in [1.29, 1.82) is 0 Å². The number of carbonyl (C=O) groups is 1. The van der Waals surface area contributed by atoms with Gasteiger partial charge in [0.15, 0.2) is 0 Å². The fraction of sp³-hybridized carbons (Fsp3) is 0.381. The van der Waals surface area contributed by atoms with Gasteiger partial charge in [-0.1, -0.05) is 49.2 Å². The van der Waals surface area contributed by atoms with E-state index in [4.69, 9.17) is 0 Å². The van der Waals surface area contributed by atoms with Gasteiger partial charge in [-0.05, 0) is 37.1 Å². The number of hydrogen-bond donors (Lipinski definition) is 1. The SMILES string of the molecule is O=C(CN(c1ccccc1)S(=O)(=O)c1ccccc1)NCCSC1CCCC1. The molecule has 0 bridgehead atoms. The number of thioether (sulfide) groups is 1. The number of nitrogens with one attached hydrogen (secondary N) is 1. The van der Waals surface area contributed by atoms with Crippen LogP contribution < -0.4 is 9.62 Å². The Kier molecular flexibility index (Phi) is 7.39. The largest absolute Gasteiger partial charge is 0.354 e. The van der Waals surface area contributed by atoms with E-state index >= 15 is 0 Å². The molecule has 0 heterocycles. The normalized spacial score (nSPS) is 14.7. The van der Waals surface area contributed by atoms with Gasteiger partial charge in [0.25, 0.3) is 10.0 Å². The van der Waals surface area contributed by atoms with Crippen molar-refractivity contribution in [3.05, 3.63) is 60.7 Å². The minimum Gasteiger partial charge on any atom is -0.354 e. The molecule has 0 atom stereocenters. The fourth-order valence-electron chi connectivity index (χ4n) is 3.29. The van der Waals surface area contributed by atoms with Crippen molar-refractivity contribution in [1.82, 2.24) is 5.32 Å². The van der Waals surface area contributed by atoms with Crippen molar-refractivity contribution in [3.8, 4) is 0 Å². The van der Waals surface area contributed by atoms with E-state index in [1.807, 2.05) is 17.8 Å². The van der Waals surface area contributed by atoms with Crippen LogP contribution in [-0.4, -0.2) is 38.4 Å². The van der Waals surface area contributed by atoms with E-state index in [0.717, 1.165) is 5.75 Å². The average Bonchev–Trinajstić information content (AvgIpc) is 3.24. The van der Waals surface area contributed by atoms with Gasteiger partial charge in [0, 0.05) is 17.5 Å². The molecule has 0 radical (unpaired) electrons. The van der Waals surface area contributed by atoms with Gasteiger partial charge in [-0.2, -0.15) is 11.8 Å². The van der Waals surface area contributed by atoms with Gasteiger partial charge in [-0.3, -0.25) is 9.10 Å². The number of benzene rings is 2. The molecule has 1 N–H and O–H groups in total. The number of carbonyl (C=O) groups excluding carboxylic acids is 1. The lowest BCUT2D eigenvalue weighted by molar-refractivity contribution is -0.119. The van der Waals surface area contributed by atoms with Gasteiger partial charge in [-0.15, -0.1) is 0 Å². The predicted octanol–water partition coefficient (Wildman–Crippen LogP) is 3.67. The van der Waals surface area contributed by atoms with Crippen molar-refractivity contribution in [2.45, 2.75) is 35.8 Å². The molecule has 7 heteroatoms. The van der Waals surface area contributed by atoms with Gasteiger partial charge in [0.1, 0.15) is 6.54 Å². The number of nitrogens with zero attached hydrogens (tertiary/aromatic N) is 1. The smallest absolute Gasteiger partial charge is 0.264 e. The molecule has 1 aliphatic rings. The van der Waals surface area contributed by atoms with Gasteiger partial charge in [0.05, 0.1) is 10.6 Å². The Morgan fingerprint density at radius 3 is 2.25 bits per heavy atom. The Hall–Kier alpha value is -1.99. The molecule has 0 saturated heterocycles. The molecule has 3 rings (SSSR count). The summed E-state index contributed by atoms with van der Waals surface area (Å²) >= 11 is 1.90. The zero-order chi connectivity index (χ0) is 19.8. The number of para-hydroxylation sites is 1. The van der Waals surface area contributed by atoms with Crippen LogP contribution >= 0.6 is 11.8 Å². The van der Waals surface area contributed by atoms with Crippen LogP contribution in [0, 0.1) is 0 Å². The average molecular weight is 419 g/mol. The van der Waals surface area contributed by atoms with Crippen molar-refractivity contribution < 1.29 is 13.2 Å². The fourth-order valence-corrected chi connectivity index (χ4v) is 5.95. The first kappa shape index (κ1) is 20.7. The molecule has 1 amide bonds. The monoisotopic (exact) mass is 418 g/mol. The van der Waals surface area contributed by atoms with E-state index in [0.29, 0.717) is 17.5 Å². The first-order valence-electron chi connectivity index (χ1n) is 9.58. The maximum atomic E-state index is 13.1. The molecule has 5 nitrogen and oxygen atoms in total. The highest BCUT2D eigenvalue weighted by atomic mass is 32.2.